The first-order valence-corrected chi connectivity index (χ1v) is 9.92. The van der Waals surface area contributed by atoms with Crippen molar-refractivity contribution < 1.29 is 14.1 Å². The summed E-state index contributed by atoms with van der Waals surface area (Å²) in [5, 5.41) is 12.3. The second-order valence-electron chi connectivity index (χ2n) is 6.48. The molecule has 0 amide bonds. The maximum atomic E-state index is 12.7. The third-order valence-corrected chi connectivity index (χ3v) is 5.38. The molecule has 1 aliphatic carbocycles. The highest BCUT2D eigenvalue weighted by Gasteiger charge is 2.28. The van der Waals surface area contributed by atoms with Gasteiger partial charge in [0.15, 0.2) is 12.3 Å². The second-order valence-corrected chi connectivity index (χ2v) is 7.26. The zero-order valence-electron chi connectivity index (χ0n) is 14.9. The predicted molar refractivity (Wildman–Crippen MR) is 102 cm³/mol. The Bertz CT molecular complexity index is 1120. The van der Waals surface area contributed by atoms with E-state index < -0.39 is 5.97 Å². The number of hydrogen-bond donors (Lipinski definition) is 0. The minimum absolute atomic E-state index is 0.0561. The van der Waals surface area contributed by atoms with Gasteiger partial charge in [-0.1, -0.05) is 23.4 Å². The van der Waals surface area contributed by atoms with Gasteiger partial charge in [0.25, 0.3) is 5.89 Å². The summed E-state index contributed by atoms with van der Waals surface area (Å²) in [6.45, 7) is -0.0561. The quantitative estimate of drug-likeness (QED) is 0.480. The number of thiophene rings is 1. The zero-order chi connectivity index (χ0) is 18.9. The molecule has 0 N–H and O–H groups in total. The van der Waals surface area contributed by atoms with Crippen LogP contribution in [0.25, 0.3) is 17.1 Å². The predicted octanol–water partition coefficient (Wildman–Crippen LogP) is 3.83. The molecule has 28 heavy (non-hydrogen) atoms. The minimum Gasteiger partial charge on any atom is -0.453 e. The molecule has 0 radical (unpaired) electrons. The SMILES string of the molecule is O=C(OCc1noc(-c2ccsc2)n1)c1nn(-c2ccccc2)c2c1CCC2. The number of fused-ring (bicyclic) bond motifs is 1. The van der Waals surface area contributed by atoms with Crippen LogP contribution in [0.5, 0.6) is 0 Å². The summed E-state index contributed by atoms with van der Waals surface area (Å²) >= 11 is 1.55. The maximum Gasteiger partial charge on any atom is 0.359 e. The normalized spacial score (nSPS) is 12.9. The summed E-state index contributed by atoms with van der Waals surface area (Å²) in [6.07, 6.45) is 2.74. The van der Waals surface area contributed by atoms with Crippen molar-refractivity contribution in [3.05, 3.63) is 69.9 Å². The van der Waals surface area contributed by atoms with Crippen LogP contribution in [0, 0.1) is 0 Å². The molecule has 1 aliphatic rings. The summed E-state index contributed by atoms with van der Waals surface area (Å²) in [6, 6.07) is 11.7. The van der Waals surface area contributed by atoms with Crippen LogP contribution in [-0.4, -0.2) is 25.9 Å². The van der Waals surface area contributed by atoms with E-state index in [1.165, 1.54) is 0 Å². The smallest absolute Gasteiger partial charge is 0.359 e. The molecule has 3 aromatic heterocycles. The third kappa shape index (κ3) is 3.01. The molecule has 5 rings (SSSR count). The number of rotatable bonds is 5. The van der Waals surface area contributed by atoms with Gasteiger partial charge in [0.1, 0.15) is 0 Å². The van der Waals surface area contributed by atoms with Gasteiger partial charge in [-0.15, -0.1) is 0 Å². The van der Waals surface area contributed by atoms with Crippen LogP contribution < -0.4 is 0 Å². The summed E-state index contributed by atoms with van der Waals surface area (Å²) < 4.78 is 12.5. The Morgan fingerprint density at radius 2 is 2.11 bits per heavy atom. The van der Waals surface area contributed by atoms with Crippen molar-refractivity contribution >= 4 is 17.3 Å². The van der Waals surface area contributed by atoms with Gasteiger partial charge in [0.05, 0.1) is 11.3 Å². The zero-order valence-corrected chi connectivity index (χ0v) is 15.7. The molecule has 0 aliphatic heterocycles. The van der Waals surface area contributed by atoms with Gasteiger partial charge >= 0.3 is 5.97 Å². The summed E-state index contributed by atoms with van der Waals surface area (Å²) in [5.74, 6) is 0.282. The van der Waals surface area contributed by atoms with E-state index >= 15 is 0 Å². The van der Waals surface area contributed by atoms with Crippen LogP contribution in [0.3, 0.4) is 0 Å². The van der Waals surface area contributed by atoms with Crippen LogP contribution in [0.4, 0.5) is 0 Å². The molecule has 4 aromatic rings. The number of para-hydroxylation sites is 1. The third-order valence-electron chi connectivity index (χ3n) is 4.69. The Labute approximate surface area is 164 Å². The fraction of sp³-hybridized carbons (Fsp3) is 0.200. The van der Waals surface area contributed by atoms with E-state index in [4.69, 9.17) is 9.26 Å². The second kappa shape index (κ2) is 7.05. The fourth-order valence-electron chi connectivity index (χ4n) is 3.40. The van der Waals surface area contributed by atoms with E-state index in [-0.39, 0.29) is 6.61 Å². The monoisotopic (exact) mass is 392 g/mol. The molecule has 3 heterocycles. The molecule has 0 atom stereocenters. The lowest BCUT2D eigenvalue weighted by Gasteiger charge is -2.04. The molecule has 7 nitrogen and oxygen atoms in total. The van der Waals surface area contributed by atoms with E-state index in [0.29, 0.717) is 17.4 Å². The van der Waals surface area contributed by atoms with Crippen LogP contribution in [0.2, 0.25) is 0 Å². The molecule has 0 spiro atoms. The highest BCUT2D eigenvalue weighted by Crippen LogP contribution is 2.28. The van der Waals surface area contributed by atoms with E-state index in [2.05, 4.69) is 15.2 Å². The van der Waals surface area contributed by atoms with Crippen molar-refractivity contribution in [2.24, 2.45) is 0 Å². The van der Waals surface area contributed by atoms with Gasteiger partial charge in [-0.25, -0.2) is 9.48 Å². The largest absolute Gasteiger partial charge is 0.453 e. The molecule has 0 fully saturated rings. The molecule has 1 aromatic carbocycles. The van der Waals surface area contributed by atoms with Crippen molar-refractivity contribution in [3.63, 3.8) is 0 Å². The van der Waals surface area contributed by atoms with Crippen LogP contribution in [0.15, 0.2) is 51.7 Å². The summed E-state index contributed by atoms with van der Waals surface area (Å²) in [4.78, 5) is 16.9. The number of ether oxygens (including phenoxy) is 1. The molecule has 0 bridgehead atoms. The highest BCUT2D eigenvalue weighted by atomic mass is 32.1. The molecule has 8 heteroatoms. The van der Waals surface area contributed by atoms with Gasteiger partial charge in [0.2, 0.25) is 5.82 Å². The van der Waals surface area contributed by atoms with Crippen molar-refractivity contribution in [3.8, 4) is 17.1 Å². The minimum atomic E-state index is -0.463. The van der Waals surface area contributed by atoms with Crippen molar-refractivity contribution in [2.45, 2.75) is 25.9 Å². The Kier molecular flexibility index (Phi) is 4.25. The van der Waals surface area contributed by atoms with Crippen molar-refractivity contribution in [1.29, 1.82) is 0 Å². The highest BCUT2D eigenvalue weighted by molar-refractivity contribution is 7.08. The van der Waals surface area contributed by atoms with Gasteiger partial charge in [-0.05, 0) is 42.8 Å². The fourth-order valence-corrected chi connectivity index (χ4v) is 4.03. The number of aromatic nitrogens is 4. The Balaban J connectivity index is 1.35. The molecule has 0 saturated heterocycles. The number of benzene rings is 1. The number of hydrogen-bond acceptors (Lipinski definition) is 7. The number of esters is 1. The Hall–Kier alpha value is -3.26. The summed E-state index contributed by atoms with van der Waals surface area (Å²) in [5.41, 5.74) is 4.23. The first kappa shape index (κ1) is 16.9. The first-order valence-electron chi connectivity index (χ1n) is 8.98. The van der Waals surface area contributed by atoms with E-state index in [0.717, 1.165) is 41.8 Å². The molecular weight excluding hydrogens is 376 g/mol. The lowest BCUT2D eigenvalue weighted by Crippen LogP contribution is -2.10. The van der Waals surface area contributed by atoms with Gasteiger partial charge in [0, 0.05) is 16.6 Å². The topological polar surface area (TPSA) is 83.0 Å². The van der Waals surface area contributed by atoms with E-state index in [1.54, 1.807) is 11.3 Å². The average Bonchev–Trinajstić information content (AvgIpc) is 3.51. The maximum absolute atomic E-state index is 12.7. The van der Waals surface area contributed by atoms with Gasteiger partial charge in [-0.2, -0.15) is 21.4 Å². The average molecular weight is 392 g/mol. The van der Waals surface area contributed by atoms with E-state index in [9.17, 15) is 4.79 Å². The van der Waals surface area contributed by atoms with Gasteiger partial charge < -0.3 is 9.26 Å². The molecule has 0 unspecified atom stereocenters. The first-order chi connectivity index (χ1) is 13.8. The lowest BCUT2D eigenvalue weighted by atomic mass is 10.2. The number of nitrogens with zero attached hydrogens (tertiary/aromatic N) is 4. The van der Waals surface area contributed by atoms with Crippen LogP contribution in [-0.2, 0) is 24.2 Å². The van der Waals surface area contributed by atoms with E-state index in [1.807, 2.05) is 51.8 Å². The number of carbonyl (C=O) groups is 1. The van der Waals surface area contributed by atoms with Gasteiger partial charge in [-0.3, -0.25) is 0 Å². The van der Waals surface area contributed by atoms with Crippen molar-refractivity contribution in [1.82, 2.24) is 19.9 Å². The molecule has 140 valence electrons. The lowest BCUT2D eigenvalue weighted by molar-refractivity contribution is 0.0451. The number of carbonyl (C=O) groups excluding carboxylic acids is 1. The van der Waals surface area contributed by atoms with Crippen molar-refractivity contribution in [2.75, 3.05) is 0 Å². The Morgan fingerprint density at radius 1 is 1.21 bits per heavy atom. The summed E-state index contributed by atoms with van der Waals surface area (Å²) in [7, 11) is 0. The molecule has 0 saturated carbocycles. The molecular formula is C20H16N4O3S. The van der Waals surface area contributed by atoms with Crippen LogP contribution in [0.1, 0.15) is 34.0 Å². The van der Waals surface area contributed by atoms with Crippen LogP contribution >= 0.6 is 11.3 Å². The Morgan fingerprint density at radius 3 is 2.93 bits per heavy atom. The standard InChI is InChI=1S/C20H16N4O3S/c25-20(26-11-17-21-19(27-23-17)13-9-10-28-12-13)18-15-7-4-8-16(15)24(22-18)14-5-2-1-3-6-14/h1-3,5-6,9-10,12H,4,7-8,11H2.